The van der Waals surface area contributed by atoms with E-state index in [1.807, 2.05) is 31.2 Å². The molecule has 0 aliphatic rings. The van der Waals surface area contributed by atoms with Crippen molar-refractivity contribution in [3.8, 4) is 34.3 Å². The van der Waals surface area contributed by atoms with Gasteiger partial charge >= 0.3 is 0 Å². The summed E-state index contributed by atoms with van der Waals surface area (Å²) in [7, 11) is 1.56. The predicted molar refractivity (Wildman–Crippen MR) is 108 cm³/mol. The van der Waals surface area contributed by atoms with Crippen molar-refractivity contribution in [2.75, 3.05) is 13.7 Å². The van der Waals surface area contributed by atoms with Crippen LogP contribution in [0.4, 0.5) is 0 Å². The molecule has 144 valence electrons. The molecular formula is C19H21Cl2N3O3. The minimum atomic E-state index is 0. The van der Waals surface area contributed by atoms with E-state index < -0.39 is 0 Å². The molecule has 0 unspecified atom stereocenters. The lowest BCUT2D eigenvalue weighted by atomic mass is 10.1. The number of nitrogens with zero attached hydrogens (tertiary/aromatic N) is 2. The summed E-state index contributed by atoms with van der Waals surface area (Å²) in [4.78, 5) is 4.45. The van der Waals surface area contributed by atoms with Crippen molar-refractivity contribution in [2.45, 2.75) is 19.9 Å². The number of benzene rings is 2. The Morgan fingerprint density at radius 1 is 1.15 bits per heavy atom. The van der Waals surface area contributed by atoms with Gasteiger partial charge in [0.05, 0.1) is 18.7 Å². The van der Waals surface area contributed by atoms with Crippen LogP contribution in [-0.2, 0) is 6.54 Å². The van der Waals surface area contributed by atoms with Gasteiger partial charge in [-0.15, -0.1) is 12.4 Å². The number of methoxy groups -OCH3 is 1. The zero-order valence-electron chi connectivity index (χ0n) is 15.1. The first kappa shape index (κ1) is 21.0. The minimum Gasteiger partial charge on any atom is -0.493 e. The molecule has 8 heteroatoms. The van der Waals surface area contributed by atoms with E-state index in [1.54, 1.807) is 19.2 Å². The van der Waals surface area contributed by atoms with Crippen LogP contribution < -0.4 is 15.2 Å². The van der Waals surface area contributed by atoms with E-state index in [1.165, 1.54) is 0 Å². The summed E-state index contributed by atoms with van der Waals surface area (Å²) in [5.74, 6) is 1.87. The van der Waals surface area contributed by atoms with E-state index in [2.05, 4.69) is 10.1 Å². The molecule has 0 spiro atoms. The fraction of sp³-hybridized carbons (Fsp3) is 0.263. The average molecular weight is 410 g/mol. The minimum absolute atomic E-state index is 0. The standard InChI is InChI=1S/C19H20ClN3O3.ClH/c1-3-8-25-17-15(20)9-14(10-16(17)24-2)19-22-18(23-26-19)13-6-4-12(11-21)5-7-13;/h4-7,9-10H,3,8,11,21H2,1-2H3;1H. The quantitative estimate of drug-likeness (QED) is 0.606. The summed E-state index contributed by atoms with van der Waals surface area (Å²) in [6.07, 6.45) is 0.872. The Hall–Kier alpha value is -2.28. The molecule has 0 fully saturated rings. The highest BCUT2D eigenvalue weighted by atomic mass is 35.5. The van der Waals surface area contributed by atoms with Gasteiger partial charge in [-0.3, -0.25) is 0 Å². The van der Waals surface area contributed by atoms with E-state index >= 15 is 0 Å². The number of aromatic nitrogens is 2. The fourth-order valence-electron chi connectivity index (χ4n) is 2.44. The van der Waals surface area contributed by atoms with Crippen LogP contribution in [0.1, 0.15) is 18.9 Å². The number of halogens is 2. The van der Waals surface area contributed by atoms with Crippen molar-refractivity contribution in [3.63, 3.8) is 0 Å². The van der Waals surface area contributed by atoms with Crippen LogP contribution in [0.2, 0.25) is 5.02 Å². The van der Waals surface area contributed by atoms with Gasteiger partial charge < -0.3 is 19.7 Å². The molecule has 0 bridgehead atoms. The molecule has 3 aromatic rings. The summed E-state index contributed by atoms with van der Waals surface area (Å²) in [5.41, 5.74) is 8.16. The van der Waals surface area contributed by atoms with Crippen molar-refractivity contribution in [1.29, 1.82) is 0 Å². The molecule has 0 atom stereocenters. The third-order valence-electron chi connectivity index (χ3n) is 3.80. The molecule has 1 heterocycles. The highest BCUT2D eigenvalue weighted by molar-refractivity contribution is 6.32. The number of hydrogen-bond donors (Lipinski definition) is 1. The Morgan fingerprint density at radius 3 is 2.52 bits per heavy atom. The van der Waals surface area contributed by atoms with Crippen molar-refractivity contribution in [2.24, 2.45) is 5.73 Å². The van der Waals surface area contributed by atoms with Crippen molar-refractivity contribution < 1.29 is 14.0 Å². The first-order valence-electron chi connectivity index (χ1n) is 8.30. The monoisotopic (exact) mass is 409 g/mol. The largest absolute Gasteiger partial charge is 0.493 e. The Labute approximate surface area is 169 Å². The second kappa shape index (κ2) is 9.60. The zero-order chi connectivity index (χ0) is 18.5. The molecule has 6 nitrogen and oxygen atoms in total. The van der Waals surface area contributed by atoms with Gasteiger partial charge in [0.1, 0.15) is 0 Å². The summed E-state index contributed by atoms with van der Waals surface area (Å²) < 4.78 is 16.4. The third kappa shape index (κ3) is 4.71. The lowest BCUT2D eigenvalue weighted by Crippen LogP contribution is -1.99. The van der Waals surface area contributed by atoms with Gasteiger partial charge in [-0.25, -0.2) is 0 Å². The van der Waals surface area contributed by atoms with Crippen molar-refractivity contribution >= 4 is 24.0 Å². The lowest BCUT2D eigenvalue weighted by Gasteiger charge is -2.12. The molecule has 0 aliphatic carbocycles. The van der Waals surface area contributed by atoms with Gasteiger partial charge in [0.25, 0.3) is 5.89 Å². The summed E-state index contributed by atoms with van der Waals surface area (Å²) in [6, 6.07) is 11.2. The van der Waals surface area contributed by atoms with Gasteiger partial charge in [-0.05, 0) is 24.1 Å². The molecule has 0 amide bonds. The maximum atomic E-state index is 6.35. The molecule has 2 aromatic carbocycles. The molecule has 0 radical (unpaired) electrons. The lowest BCUT2D eigenvalue weighted by molar-refractivity contribution is 0.294. The van der Waals surface area contributed by atoms with Gasteiger partial charge in [0.15, 0.2) is 11.5 Å². The summed E-state index contributed by atoms with van der Waals surface area (Å²) in [6.45, 7) is 3.07. The molecule has 1 aromatic heterocycles. The Morgan fingerprint density at radius 2 is 1.89 bits per heavy atom. The van der Waals surface area contributed by atoms with E-state index in [9.17, 15) is 0 Å². The van der Waals surface area contributed by atoms with Gasteiger partial charge in [0, 0.05) is 17.7 Å². The molecule has 3 rings (SSSR count). The first-order chi connectivity index (χ1) is 12.7. The second-order valence-electron chi connectivity index (χ2n) is 5.66. The van der Waals surface area contributed by atoms with Crippen LogP contribution in [0.5, 0.6) is 11.5 Å². The summed E-state index contributed by atoms with van der Waals surface area (Å²) >= 11 is 6.35. The molecular weight excluding hydrogens is 389 g/mol. The van der Waals surface area contributed by atoms with Gasteiger partial charge in [-0.2, -0.15) is 4.98 Å². The highest BCUT2D eigenvalue weighted by Crippen LogP contribution is 2.39. The van der Waals surface area contributed by atoms with Crippen LogP contribution in [0, 0.1) is 0 Å². The Balaban J connectivity index is 0.00000261. The maximum absolute atomic E-state index is 6.35. The highest BCUT2D eigenvalue weighted by Gasteiger charge is 2.17. The SMILES string of the molecule is CCCOc1c(Cl)cc(-c2nc(-c3ccc(CN)cc3)no2)cc1OC.Cl. The molecule has 27 heavy (non-hydrogen) atoms. The van der Waals surface area contributed by atoms with E-state index in [0.717, 1.165) is 17.5 Å². The van der Waals surface area contributed by atoms with E-state index in [0.29, 0.717) is 47.0 Å². The fourth-order valence-corrected chi connectivity index (χ4v) is 2.70. The second-order valence-corrected chi connectivity index (χ2v) is 6.07. The average Bonchev–Trinajstić information content (AvgIpc) is 3.16. The Bertz CT molecular complexity index is 882. The van der Waals surface area contributed by atoms with Crippen LogP contribution in [0.3, 0.4) is 0 Å². The topological polar surface area (TPSA) is 83.4 Å². The number of ether oxygens (including phenoxy) is 2. The molecule has 2 N–H and O–H groups in total. The zero-order valence-corrected chi connectivity index (χ0v) is 16.6. The van der Waals surface area contributed by atoms with Gasteiger partial charge in [-0.1, -0.05) is 47.9 Å². The first-order valence-corrected chi connectivity index (χ1v) is 8.67. The Kier molecular flexibility index (Phi) is 7.47. The maximum Gasteiger partial charge on any atom is 0.258 e. The molecule has 0 saturated heterocycles. The number of nitrogens with two attached hydrogens (primary N) is 1. The van der Waals surface area contributed by atoms with Crippen LogP contribution in [0.15, 0.2) is 40.9 Å². The van der Waals surface area contributed by atoms with Crippen molar-refractivity contribution in [3.05, 3.63) is 47.0 Å². The van der Waals surface area contributed by atoms with Crippen LogP contribution in [-0.4, -0.2) is 23.9 Å². The van der Waals surface area contributed by atoms with Gasteiger partial charge in [0.2, 0.25) is 5.82 Å². The van der Waals surface area contributed by atoms with E-state index in [-0.39, 0.29) is 12.4 Å². The smallest absolute Gasteiger partial charge is 0.258 e. The van der Waals surface area contributed by atoms with Crippen LogP contribution >= 0.6 is 24.0 Å². The normalized spacial score (nSPS) is 10.4. The third-order valence-corrected chi connectivity index (χ3v) is 4.08. The molecule has 0 saturated carbocycles. The summed E-state index contributed by atoms with van der Waals surface area (Å²) in [5, 5.41) is 4.47. The number of hydrogen-bond acceptors (Lipinski definition) is 6. The predicted octanol–water partition coefficient (Wildman–Crippen LogP) is 4.73. The van der Waals surface area contributed by atoms with Crippen LogP contribution in [0.25, 0.3) is 22.8 Å². The molecule has 0 aliphatic heterocycles. The van der Waals surface area contributed by atoms with E-state index in [4.69, 9.17) is 31.3 Å². The van der Waals surface area contributed by atoms with Crippen molar-refractivity contribution in [1.82, 2.24) is 10.1 Å². The number of rotatable bonds is 7.